The SMILES string of the molecule is CC(F)(F)CSCCN.Cl. The van der Waals surface area contributed by atoms with Crippen molar-refractivity contribution < 1.29 is 8.78 Å². The molecule has 0 aromatic rings. The number of hydrogen-bond acceptors (Lipinski definition) is 2. The van der Waals surface area contributed by atoms with Crippen LogP contribution in [-0.2, 0) is 0 Å². The van der Waals surface area contributed by atoms with E-state index in [2.05, 4.69) is 0 Å². The van der Waals surface area contributed by atoms with E-state index in [0.29, 0.717) is 12.3 Å². The molecule has 64 valence electrons. The standard InChI is InChI=1S/C5H11F2NS.ClH/c1-5(6,7)4-9-3-2-8;/h2-4,8H2,1H3;1H. The number of nitrogens with two attached hydrogens (primary N) is 1. The van der Waals surface area contributed by atoms with Gasteiger partial charge in [-0.3, -0.25) is 0 Å². The maximum absolute atomic E-state index is 12.0. The molecule has 0 aliphatic heterocycles. The molecule has 10 heavy (non-hydrogen) atoms. The molecule has 0 saturated heterocycles. The molecule has 0 bridgehead atoms. The Morgan fingerprint density at radius 3 is 2.30 bits per heavy atom. The highest BCUT2D eigenvalue weighted by Gasteiger charge is 2.19. The van der Waals surface area contributed by atoms with Gasteiger partial charge in [-0.2, -0.15) is 11.8 Å². The Hall–Kier alpha value is 0.460. The minimum absolute atomic E-state index is 0. The van der Waals surface area contributed by atoms with Crippen molar-refractivity contribution in [2.24, 2.45) is 5.73 Å². The monoisotopic (exact) mass is 191 g/mol. The lowest BCUT2D eigenvalue weighted by Crippen LogP contribution is -2.14. The predicted octanol–water partition coefficient (Wildman–Crippen LogP) is 1.76. The quantitative estimate of drug-likeness (QED) is 0.686. The Bertz CT molecular complexity index is 76.5. The molecule has 0 aromatic heterocycles. The van der Waals surface area contributed by atoms with Crippen molar-refractivity contribution in [2.75, 3.05) is 18.1 Å². The van der Waals surface area contributed by atoms with E-state index in [1.165, 1.54) is 11.8 Å². The van der Waals surface area contributed by atoms with Crippen LogP contribution in [0, 0.1) is 0 Å². The molecular weight excluding hydrogens is 180 g/mol. The van der Waals surface area contributed by atoms with Gasteiger partial charge in [0.1, 0.15) is 0 Å². The number of alkyl halides is 2. The average Bonchev–Trinajstić information content (AvgIpc) is 1.63. The van der Waals surface area contributed by atoms with Gasteiger partial charge in [0.05, 0.1) is 5.75 Å². The first-order chi connectivity index (χ1) is 4.06. The lowest BCUT2D eigenvalue weighted by Gasteiger charge is -2.07. The van der Waals surface area contributed by atoms with E-state index in [1.54, 1.807) is 0 Å². The topological polar surface area (TPSA) is 26.0 Å². The molecule has 0 unspecified atom stereocenters. The first-order valence-electron chi connectivity index (χ1n) is 2.72. The summed E-state index contributed by atoms with van der Waals surface area (Å²) in [5, 5.41) is 0. The first-order valence-corrected chi connectivity index (χ1v) is 3.87. The third kappa shape index (κ3) is 11.3. The largest absolute Gasteiger partial charge is 0.330 e. The van der Waals surface area contributed by atoms with Gasteiger partial charge in [0, 0.05) is 19.2 Å². The lowest BCUT2D eigenvalue weighted by molar-refractivity contribution is 0.0493. The zero-order valence-corrected chi connectivity index (χ0v) is 7.40. The Kier molecular flexibility index (Phi) is 8.09. The lowest BCUT2D eigenvalue weighted by atomic mass is 10.5. The van der Waals surface area contributed by atoms with Crippen LogP contribution in [0.25, 0.3) is 0 Å². The van der Waals surface area contributed by atoms with Crippen molar-refractivity contribution >= 4 is 24.2 Å². The van der Waals surface area contributed by atoms with Crippen LogP contribution in [0.5, 0.6) is 0 Å². The summed E-state index contributed by atoms with van der Waals surface area (Å²) in [5.74, 6) is -2.05. The van der Waals surface area contributed by atoms with Crippen LogP contribution in [0.4, 0.5) is 8.78 Å². The van der Waals surface area contributed by atoms with E-state index < -0.39 is 5.92 Å². The molecular formula is C5H12ClF2NS. The molecule has 0 heterocycles. The van der Waals surface area contributed by atoms with Crippen LogP contribution in [0.3, 0.4) is 0 Å². The summed E-state index contributed by atoms with van der Waals surface area (Å²) in [6, 6.07) is 0. The second-order valence-corrected chi connectivity index (χ2v) is 3.02. The summed E-state index contributed by atoms with van der Waals surface area (Å²) in [4.78, 5) is 0. The van der Waals surface area contributed by atoms with Gasteiger partial charge in [0.2, 0.25) is 0 Å². The summed E-state index contributed by atoms with van der Waals surface area (Å²) < 4.78 is 24.0. The Balaban J connectivity index is 0. The van der Waals surface area contributed by atoms with E-state index in [0.717, 1.165) is 6.92 Å². The molecule has 0 aromatic carbocycles. The number of halogens is 3. The normalized spacial score (nSPS) is 10.8. The van der Waals surface area contributed by atoms with Crippen LogP contribution in [-0.4, -0.2) is 24.0 Å². The maximum Gasteiger partial charge on any atom is 0.254 e. The molecule has 0 spiro atoms. The van der Waals surface area contributed by atoms with E-state index in [4.69, 9.17) is 5.73 Å². The van der Waals surface area contributed by atoms with Crippen molar-refractivity contribution in [3.8, 4) is 0 Å². The zero-order chi connectivity index (χ0) is 7.33. The fourth-order valence-corrected chi connectivity index (χ4v) is 1.00. The van der Waals surface area contributed by atoms with Gasteiger partial charge < -0.3 is 5.73 Å². The van der Waals surface area contributed by atoms with Gasteiger partial charge in [0.25, 0.3) is 5.92 Å². The fraction of sp³-hybridized carbons (Fsp3) is 1.00. The fourth-order valence-electron chi connectivity index (χ4n) is 0.335. The summed E-state index contributed by atoms with van der Waals surface area (Å²) in [6.07, 6.45) is 0. The zero-order valence-electron chi connectivity index (χ0n) is 5.77. The van der Waals surface area contributed by atoms with Crippen molar-refractivity contribution in [1.29, 1.82) is 0 Å². The molecule has 0 fully saturated rings. The second-order valence-electron chi connectivity index (χ2n) is 1.91. The summed E-state index contributed by atoms with van der Waals surface area (Å²) in [5.41, 5.74) is 5.09. The van der Waals surface area contributed by atoms with Crippen molar-refractivity contribution in [3.05, 3.63) is 0 Å². The van der Waals surface area contributed by atoms with E-state index >= 15 is 0 Å². The minimum atomic E-state index is -2.54. The molecule has 0 saturated carbocycles. The Labute approximate surface area is 70.1 Å². The number of hydrogen-bond donors (Lipinski definition) is 1. The number of thioether (sulfide) groups is 1. The van der Waals surface area contributed by atoms with Crippen molar-refractivity contribution in [2.45, 2.75) is 12.8 Å². The third-order valence-electron chi connectivity index (χ3n) is 0.618. The maximum atomic E-state index is 12.0. The van der Waals surface area contributed by atoms with E-state index in [-0.39, 0.29) is 18.2 Å². The smallest absolute Gasteiger partial charge is 0.254 e. The third-order valence-corrected chi connectivity index (χ3v) is 1.85. The molecule has 0 atom stereocenters. The van der Waals surface area contributed by atoms with Gasteiger partial charge >= 0.3 is 0 Å². The molecule has 0 aliphatic rings. The minimum Gasteiger partial charge on any atom is -0.330 e. The van der Waals surface area contributed by atoms with E-state index in [1.807, 2.05) is 0 Å². The number of rotatable bonds is 4. The van der Waals surface area contributed by atoms with Gasteiger partial charge in [-0.15, -0.1) is 12.4 Å². The summed E-state index contributed by atoms with van der Waals surface area (Å²) in [6.45, 7) is 1.39. The van der Waals surface area contributed by atoms with Gasteiger partial charge in [-0.05, 0) is 0 Å². The molecule has 5 heteroatoms. The molecule has 0 amide bonds. The second kappa shape index (κ2) is 6.19. The summed E-state index contributed by atoms with van der Waals surface area (Å²) >= 11 is 1.19. The van der Waals surface area contributed by atoms with E-state index in [9.17, 15) is 8.78 Å². The van der Waals surface area contributed by atoms with Gasteiger partial charge in [0.15, 0.2) is 0 Å². The van der Waals surface area contributed by atoms with Crippen LogP contribution < -0.4 is 5.73 Å². The Morgan fingerprint density at radius 1 is 1.50 bits per heavy atom. The van der Waals surface area contributed by atoms with Crippen LogP contribution in [0.1, 0.15) is 6.92 Å². The Morgan fingerprint density at radius 2 is 2.00 bits per heavy atom. The van der Waals surface area contributed by atoms with Crippen molar-refractivity contribution in [1.82, 2.24) is 0 Å². The van der Waals surface area contributed by atoms with Gasteiger partial charge in [-0.25, -0.2) is 8.78 Å². The first kappa shape index (κ1) is 13.1. The summed E-state index contributed by atoms with van der Waals surface area (Å²) in [7, 11) is 0. The average molecular weight is 192 g/mol. The van der Waals surface area contributed by atoms with Crippen molar-refractivity contribution in [3.63, 3.8) is 0 Å². The molecule has 0 aliphatic carbocycles. The predicted molar refractivity (Wildman–Crippen MR) is 44.2 cm³/mol. The highest BCUT2D eigenvalue weighted by Crippen LogP contribution is 2.17. The van der Waals surface area contributed by atoms with Crippen LogP contribution in [0.2, 0.25) is 0 Å². The highest BCUT2D eigenvalue weighted by atomic mass is 35.5. The van der Waals surface area contributed by atoms with Crippen LogP contribution >= 0.6 is 24.2 Å². The highest BCUT2D eigenvalue weighted by molar-refractivity contribution is 7.99. The van der Waals surface area contributed by atoms with Gasteiger partial charge in [-0.1, -0.05) is 0 Å². The molecule has 2 N–H and O–H groups in total. The van der Waals surface area contributed by atoms with Crippen LogP contribution in [0.15, 0.2) is 0 Å². The molecule has 1 nitrogen and oxygen atoms in total. The molecule has 0 radical (unpaired) electrons. The molecule has 0 rings (SSSR count).